The SMILES string of the molecule is C=Cc1cc(OC)c(OC)cc1Cl. The highest BCUT2D eigenvalue weighted by Gasteiger charge is 2.06. The molecule has 0 aliphatic carbocycles. The summed E-state index contributed by atoms with van der Waals surface area (Å²) in [4.78, 5) is 0. The highest BCUT2D eigenvalue weighted by atomic mass is 35.5. The van der Waals surface area contributed by atoms with Crippen molar-refractivity contribution in [3.8, 4) is 11.5 Å². The molecule has 0 aliphatic heterocycles. The van der Waals surface area contributed by atoms with Crippen molar-refractivity contribution >= 4 is 17.7 Å². The molecule has 0 heterocycles. The maximum atomic E-state index is 5.93. The first-order chi connectivity index (χ1) is 6.22. The van der Waals surface area contributed by atoms with Gasteiger partial charge in [0.25, 0.3) is 0 Å². The molecule has 0 unspecified atom stereocenters. The van der Waals surface area contributed by atoms with Crippen molar-refractivity contribution in [3.05, 3.63) is 29.3 Å². The van der Waals surface area contributed by atoms with Gasteiger partial charge in [-0.2, -0.15) is 0 Å². The Balaban J connectivity index is 3.26. The van der Waals surface area contributed by atoms with Crippen molar-refractivity contribution in [2.75, 3.05) is 14.2 Å². The van der Waals surface area contributed by atoms with E-state index in [4.69, 9.17) is 21.1 Å². The Bertz CT molecular complexity index is 321. The summed E-state index contributed by atoms with van der Waals surface area (Å²) in [6, 6.07) is 3.49. The fraction of sp³-hybridized carbons (Fsp3) is 0.200. The molecule has 1 rings (SSSR count). The molecule has 1 aromatic rings. The number of ether oxygens (including phenoxy) is 2. The Morgan fingerprint density at radius 2 is 1.77 bits per heavy atom. The smallest absolute Gasteiger partial charge is 0.162 e. The lowest BCUT2D eigenvalue weighted by atomic mass is 10.2. The highest BCUT2D eigenvalue weighted by Crippen LogP contribution is 2.33. The van der Waals surface area contributed by atoms with Crippen molar-refractivity contribution in [2.24, 2.45) is 0 Å². The molecule has 1 aromatic carbocycles. The molecule has 0 aliphatic rings. The van der Waals surface area contributed by atoms with E-state index >= 15 is 0 Å². The van der Waals surface area contributed by atoms with Gasteiger partial charge in [0, 0.05) is 6.07 Å². The predicted molar refractivity (Wildman–Crippen MR) is 54.6 cm³/mol. The zero-order valence-corrected chi connectivity index (χ0v) is 8.39. The lowest BCUT2D eigenvalue weighted by molar-refractivity contribution is 0.355. The third kappa shape index (κ3) is 1.95. The predicted octanol–water partition coefficient (Wildman–Crippen LogP) is 3.00. The van der Waals surface area contributed by atoms with Crippen LogP contribution in [0.1, 0.15) is 5.56 Å². The summed E-state index contributed by atoms with van der Waals surface area (Å²) in [5, 5.41) is 0.604. The first-order valence-corrected chi connectivity index (χ1v) is 4.14. The van der Waals surface area contributed by atoms with Crippen molar-refractivity contribution in [1.29, 1.82) is 0 Å². The van der Waals surface area contributed by atoms with Crippen molar-refractivity contribution in [1.82, 2.24) is 0 Å². The van der Waals surface area contributed by atoms with Crippen LogP contribution in [0.15, 0.2) is 18.7 Å². The Labute approximate surface area is 82.7 Å². The van der Waals surface area contributed by atoms with Gasteiger partial charge >= 0.3 is 0 Å². The molecule has 70 valence electrons. The second kappa shape index (κ2) is 4.19. The van der Waals surface area contributed by atoms with Gasteiger partial charge in [0.05, 0.1) is 19.2 Å². The summed E-state index contributed by atoms with van der Waals surface area (Å²) in [7, 11) is 3.15. The van der Waals surface area contributed by atoms with Crippen LogP contribution in [0.5, 0.6) is 11.5 Å². The minimum atomic E-state index is 0.604. The van der Waals surface area contributed by atoms with E-state index in [1.807, 2.05) is 0 Å². The normalized spacial score (nSPS) is 9.46. The first kappa shape index (κ1) is 9.93. The average molecular weight is 199 g/mol. The molecule has 3 heteroatoms. The van der Waals surface area contributed by atoms with Crippen LogP contribution in [-0.2, 0) is 0 Å². The van der Waals surface area contributed by atoms with Gasteiger partial charge in [-0.25, -0.2) is 0 Å². The van der Waals surface area contributed by atoms with Crippen LogP contribution in [0.2, 0.25) is 5.02 Å². The van der Waals surface area contributed by atoms with Crippen LogP contribution in [0, 0.1) is 0 Å². The first-order valence-electron chi connectivity index (χ1n) is 3.77. The quantitative estimate of drug-likeness (QED) is 0.744. The lowest BCUT2D eigenvalue weighted by Gasteiger charge is -2.09. The fourth-order valence-electron chi connectivity index (χ4n) is 1.03. The molecule has 0 saturated heterocycles. The number of methoxy groups -OCH3 is 2. The molecule has 0 spiro atoms. The van der Waals surface area contributed by atoms with Gasteiger partial charge in [0.15, 0.2) is 11.5 Å². The van der Waals surface area contributed by atoms with Crippen molar-refractivity contribution in [3.63, 3.8) is 0 Å². The Hall–Kier alpha value is -1.15. The van der Waals surface area contributed by atoms with Crippen LogP contribution >= 0.6 is 11.6 Å². The maximum absolute atomic E-state index is 5.93. The minimum Gasteiger partial charge on any atom is -0.493 e. The largest absolute Gasteiger partial charge is 0.493 e. The van der Waals surface area contributed by atoms with E-state index in [0.29, 0.717) is 16.5 Å². The second-order valence-electron chi connectivity index (χ2n) is 2.43. The molecule has 2 nitrogen and oxygen atoms in total. The highest BCUT2D eigenvalue weighted by molar-refractivity contribution is 6.32. The van der Waals surface area contributed by atoms with Gasteiger partial charge in [-0.15, -0.1) is 0 Å². The Kier molecular flexibility index (Phi) is 3.20. The zero-order chi connectivity index (χ0) is 9.84. The van der Waals surface area contributed by atoms with Crippen LogP contribution in [0.25, 0.3) is 6.08 Å². The van der Waals surface area contributed by atoms with E-state index in [0.717, 1.165) is 5.56 Å². The summed E-state index contributed by atoms with van der Waals surface area (Å²) in [5.41, 5.74) is 0.833. The molecule has 0 atom stereocenters. The third-order valence-electron chi connectivity index (χ3n) is 1.72. The molecular weight excluding hydrogens is 188 g/mol. The molecule has 0 radical (unpaired) electrons. The van der Waals surface area contributed by atoms with E-state index in [9.17, 15) is 0 Å². The summed E-state index contributed by atoms with van der Waals surface area (Å²) in [6.45, 7) is 3.64. The number of hydrogen-bond acceptors (Lipinski definition) is 2. The minimum absolute atomic E-state index is 0.604. The average Bonchev–Trinajstić information content (AvgIpc) is 2.17. The van der Waals surface area contributed by atoms with Crippen molar-refractivity contribution < 1.29 is 9.47 Å². The second-order valence-corrected chi connectivity index (χ2v) is 2.84. The van der Waals surface area contributed by atoms with Crippen molar-refractivity contribution in [2.45, 2.75) is 0 Å². The summed E-state index contributed by atoms with van der Waals surface area (Å²) in [6.07, 6.45) is 1.67. The molecule has 0 aromatic heterocycles. The number of hydrogen-bond donors (Lipinski definition) is 0. The number of halogens is 1. The summed E-state index contributed by atoms with van der Waals surface area (Å²) >= 11 is 5.93. The third-order valence-corrected chi connectivity index (χ3v) is 2.05. The zero-order valence-electron chi connectivity index (χ0n) is 7.63. The van der Waals surface area contributed by atoms with Gasteiger partial charge in [-0.05, 0) is 11.6 Å². The van der Waals surface area contributed by atoms with Gasteiger partial charge in [-0.3, -0.25) is 0 Å². The molecule has 0 bridgehead atoms. The van der Waals surface area contributed by atoms with E-state index in [-0.39, 0.29) is 0 Å². The van der Waals surface area contributed by atoms with Gasteiger partial charge in [0.2, 0.25) is 0 Å². The Morgan fingerprint density at radius 3 is 2.23 bits per heavy atom. The molecule has 0 N–H and O–H groups in total. The van der Waals surface area contributed by atoms with Crippen LogP contribution in [0.4, 0.5) is 0 Å². The number of rotatable bonds is 3. The van der Waals surface area contributed by atoms with Crippen LogP contribution in [0.3, 0.4) is 0 Å². The molecular formula is C10H11ClO2. The summed E-state index contributed by atoms with van der Waals surface area (Å²) < 4.78 is 10.2. The van der Waals surface area contributed by atoms with Crippen LogP contribution < -0.4 is 9.47 Å². The van der Waals surface area contributed by atoms with E-state index < -0.39 is 0 Å². The molecule has 0 amide bonds. The monoisotopic (exact) mass is 198 g/mol. The number of benzene rings is 1. The molecule has 13 heavy (non-hydrogen) atoms. The standard InChI is InChI=1S/C10H11ClO2/c1-4-7-5-9(12-2)10(13-3)6-8(7)11/h4-6H,1H2,2-3H3. The summed E-state index contributed by atoms with van der Waals surface area (Å²) in [5.74, 6) is 1.28. The topological polar surface area (TPSA) is 18.5 Å². The van der Waals surface area contributed by atoms with Gasteiger partial charge in [-0.1, -0.05) is 24.3 Å². The lowest BCUT2D eigenvalue weighted by Crippen LogP contribution is -1.91. The van der Waals surface area contributed by atoms with Gasteiger partial charge < -0.3 is 9.47 Å². The van der Waals surface area contributed by atoms with Gasteiger partial charge in [0.1, 0.15) is 0 Å². The maximum Gasteiger partial charge on any atom is 0.162 e. The fourth-order valence-corrected chi connectivity index (χ4v) is 1.26. The molecule has 0 saturated carbocycles. The van der Waals surface area contributed by atoms with Crippen LogP contribution in [-0.4, -0.2) is 14.2 Å². The van der Waals surface area contributed by atoms with E-state index in [1.54, 1.807) is 32.4 Å². The van der Waals surface area contributed by atoms with E-state index in [1.165, 1.54) is 0 Å². The van der Waals surface area contributed by atoms with E-state index in [2.05, 4.69) is 6.58 Å². The Morgan fingerprint density at radius 1 is 1.23 bits per heavy atom. The molecule has 0 fully saturated rings.